The van der Waals surface area contributed by atoms with Gasteiger partial charge in [0.25, 0.3) is 5.91 Å². The Morgan fingerprint density at radius 1 is 0.938 bits per heavy atom. The Kier molecular flexibility index (Phi) is 7.21. The molecular weight excluding hydrogens is 438 g/mol. The molecule has 1 N–H and O–H groups in total. The van der Waals surface area contributed by atoms with Crippen LogP contribution in [0.25, 0.3) is 0 Å². The lowest BCUT2D eigenvalue weighted by atomic mass is 10.2. The molecule has 0 unspecified atom stereocenters. The Morgan fingerprint density at radius 3 is 1.97 bits per heavy atom. The summed E-state index contributed by atoms with van der Waals surface area (Å²) in [5.41, 5.74) is 0.706. The SMILES string of the molecule is COc1cc(NC(=O)c2ccc(S(=O)(=O)N3CCN(C=O)CC3)cc2)cc(OC)c1OC. The standard InChI is InChI=1S/C21H25N3O7S/c1-29-18-12-16(13-19(30-2)20(18)31-3)22-21(26)15-4-6-17(7-5-15)32(27,28)24-10-8-23(14-25)9-11-24/h4-7,12-14H,8-11H2,1-3H3,(H,22,26). The Bertz CT molecular complexity index is 1050. The first-order chi connectivity index (χ1) is 15.3. The second-order valence-corrected chi connectivity index (χ2v) is 8.88. The van der Waals surface area contributed by atoms with Crippen molar-refractivity contribution >= 4 is 28.0 Å². The van der Waals surface area contributed by atoms with Crippen LogP contribution in [0.2, 0.25) is 0 Å². The molecule has 0 aromatic heterocycles. The van der Waals surface area contributed by atoms with Gasteiger partial charge in [0.15, 0.2) is 11.5 Å². The normalized spacial score (nSPS) is 14.5. The number of ether oxygens (including phenoxy) is 3. The number of rotatable bonds is 8. The van der Waals surface area contributed by atoms with Gasteiger partial charge in [-0.3, -0.25) is 9.59 Å². The predicted octanol–water partition coefficient (Wildman–Crippen LogP) is 1.43. The summed E-state index contributed by atoms with van der Waals surface area (Å²) in [5.74, 6) is 0.746. The molecular formula is C21H25N3O7S. The van der Waals surface area contributed by atoms with Gasteiger partial charge in [0.1, 0.15) is 0 Å². The summed E-state index contributed by atoms with van der Waals surface area (Å²) in [6, 6.07) is 8.87. The Balaban J connectivity index is 1.75. The number of nitrogens with zero attached hydrogens (tertiary/aromatic N) is 2. The van der Waals surface area contributed by atoms with Crippen molar-refractivity contribution in [3.05, 3.63) is 42.0 Å². The molecule has 0 radical (unpaired) electrons. The lowest BCUT2D eigenvalue weighted by Gasteiger charge is -2.31. The number of carbonyl (C=O) groups excluding carboxylic acids is 2. The maximum atomic E-state index is 12.8. The van der Waals surface area contributed by atoms with Crippen molar-refractivity contribution < 1.29 is 32.2 Å². The quantitative estimate of drug-likeness (QED) is 0.589. The highest BCUT2D eigenvalue weighted by Crippen LogP contribution is 2.40. The maximum Gasteiger partial charge on any atom is 0.255 e. The Labute approximate surface area is 186 Å². The van der Waals surface area contributed by atoms with E-state index in [9.17, 15) is 18.0 Å². The van der Waals surface area contributed by atoms with Crippen LogP contribution >= 0.6 is 0 Å². The van der Waals surface area contributed by atoms with E-state index < -0.39 is 15.9 Å². The van der Waals surface area contributed by atoms with Crippen LogP contribution < -0.4 is 19.5 Å². The molecule has 2 amide bonds. The number of sulfonamides is 1. The van der Waals surface area contributed by atoms with E-state index in [1.54, 1.807) is 12.1 Å². The highest BCUT2D eigenvalue weighted by molar-refractivity contribution is 7.89. The molecule has 1 aliphatic heterocycles. The highest BCUT2D eigenvalue weighted by Gasteiger charge is 2.28. The Hall–Kier alpha value is -3.31. The first kappa shape index (κ1) is 23.4. The molecule has 32 heavy (non-hydrogen) atoms. The fourth-order valence-corrected chi connectivity index (χ4v) is 4.76. The smallest absolute Gasteiger partial charge is 0.255 e. The van der Waals surface area contributed by atoms with Crippen LogP contribution in [0.3, 0.4) is 0 Å². The van der Waals surface area contributed by atoms with Crippen molar-refractivity contribution in [2.45, 2.75) is 4.90 Å². The minimum Gasteiger partial charge on any atom is -0.493 e. The fraction of sp³-hybridized carbons (Fsp3) is 0.333. The third kappa shape index (κ3) is 4.78. The summed E-state index contributed by atoms with van der Waals surface area (Å²) in [4.78, 5) is 25.1. The summed E-state index contributed by atoms with van der Waals surface area (Å²) in [6.45, 7) is 1.14. The van der Waals surface area contributed by atoms with Gasteiger partial charge < -0.3 is 24.4 Å². The van der Waals surface area contributed by atoms with Crippen LogP contribution in [0, 0.1) is 0 Å². The van der Waals surface area contributed by atoms with Gasteiger partial charge in [-0.2, -0.15) is 4.31 Å². The van der Waals surface area contributed by atoms with Crippen molar-refractivity contribution in [2.75, 3.05) is 52.8 Å². The van der Waals surface area contributed by atoms with Crippen molar-refractivity contribution in [3.8, 4) is 17.2 Å². The monoisotopic (exact) mass is 463 g/mol. The number of nitrogens with one attached hydrogen (secondary N) is 1. The van der Waals surface area contributed by atoms with Gasteiger partial charge in [-0.1, -0.05) is 0 Å². The lowest BCUT2D eigenvalue weighted by Crippen LogP contribution is -2.47. The number of anilines is 1. The second kappa shape index (κ2) is 9.88. The van der Waals surface area contributed by atoms with Crippen molar-refractivity contribution in [3.63, 3.8) is 0 Å². The number of piperazine rings is 1. The van der Waals surface area contributed by atoms with E-state index in [-0.39, 0.29) is 23.5 Å². The van der Waals surface area contributed by atoms with E-state index in [4.69, 9.17) is 14.2 Å². The van der Waals surface area contributed by atoms with E-state index >= 15 is 0 Å². The highest BCUT2D eigenvalue weighted by atomic mass is 32.2. The average molecular weight is 464 g/mol. The molecule has 1 heterocycles. The summed E-state index contributed by atoms with van der Waals surface area (Å²) in [5, 5.41) is 2.74. The van der Waals surface area contributed by atoms with E-state index in [0.717, 1.165) is 0 Å². The summed E-state index contributed by atoms with van der Waals surface area (Å²) in [7, 11) is 0.720. The van der Waals surface area contributed by atoms with E-state index in [0.29, 0.717) is 42.4 Å². The van der Waals surface area contributed by atoms with Crippen LogP contribution in [-0.4, -0.2) is 77.4 Å². The Morgan fingerprint density at radius 2 is 1.50 bits per heavy atom. The zero-order chi connectivity index (χ0) is 23.3. The lowest BCUT2D eigenvalue weighted by molar-refractivity contribution is -0.119. The number of carbonyl (C=O) groups is 2. The minimum absolute atomic E-state index is 0.0846. The van der Waals surface area contributed by atoms with Crippen LogP contribution in [0.5, 0.6) is 17.2 Å². The largest absolute Gasteiger partial charge is 0.493 e. The van der Waals surface area contributed by atoms with Gasteiger partial charge >= 0.3 is 0 Å². The summed E-state index contributed by atoms with van der Waals surface area (Å²) >= 11 is 0. The average Bonchev–Trinajstić information content (AvgIpc) is 2.83. The maximum absolute atomic E-state index is 12.8. The minimum atomic E-state index is -3.71. The van der Waals surface area contributed by atoms with E-state index in [1.165, 1.54) is 54.8 Å². The van der Waals surface area contributed by atoms with Gasteiger partial charge in [0.05, 0.1) is 26.2 Å². The predicted molar refractivity (Wildman–Crippen MR) is 117 cm³/mol. The molecule has 2 aromatic rings. The molecule has 0 saturated carbocycles. The number of methoxy groups -OCH3 is 3. The van der Waals surface area contributed by atoms with Gasteiger partial charge in [0.2, 0.25) is 22.2 Å². The summed E-state index contributed by atoms with van der Waals surface area (Å²) < 4.78 is 42.8. The molecule has 3 rings (SSSR count). The second-order valence-electron chi connectivity index (χ2n) is 6.94. The van der Waals surface area contributed by atoms with Crippen molar-refractivity contribution in [1.82, 2.24) is 9.21 Å². The molecule has 1 aliphatic rings. The van der Waals surface area contributed by atoms with Crippen LogP contribution in [0.1, 0.15) is 10.4 Å². The molecule has 0 atom stereocenters. The third-order valence-corrected chi connectivity index (χ3v) is 7.01. The zero-order valence-corrected chi connectivity index (χ0v) is 18.8. The van der Waals surface area contributed by atoms with Crippen molar-refractivity contribution in [1.29, 1.82) is 0 Å². The molecule has 1 saturated heterocycles. The molecule has 2 aromatic carbocycles. The van der Waals surface area contributed by atoms with Gasteiger partial charge in [-0.05, 0) is 24.3 Å². The topological polar surface area (TPSA) is 114 Å². The van der Waals surface area contributed by atoms with Crippen molar-refractivity contribution in [2.24, 2.45) is 0 Å². The molecule has 0 bridgehead atoms. The molecule has 1 fully saturated rings. The van der Waals surface area contributed by atoms with Crippen LogP contribution in [0.4, 0.5) is 5.69 Å². The number of hydrogen-bond acceptors (Lipinski definition) is 7. The number of benzene rings is 2. The van der Waals surface area contributed by atoms with E-state index in [2.05, 4.69) is 5.32 Å². The summed E-state index contributed by atoms with van der Waals surface area (Å²) in [6.07, 6.45) is 0.714. The van der Waals surface area contributed by atoms with Crippen LogP contribution in [0.15, 0.2) is 41.3 Å². The van der Waals surface area contributed by atoms with Crippen LogP contribution in [-0.2, 0) is 14.8 Å². The first-order valence-corrected chi connectivity index (χ1v) is 11.2. The molecule has 11 heteroatoms. The number of hydrogen-bond donors (Lipinski definition) is 1. The zero-order valence-electron chi connectivity index (χ0n) is 18.0. The molecule has 172 valence electrons. The number of amides is 2. The molecule has 10 nitrogen and oxygen atoms in total. The van der Waals surface area contributed by atoms with Gasteiger partial charge in [-0.25, -0.2) is 8.42 Å². The third-order valence-electron chi connectivity index (χ3n) is 5.10. The molecule has 0 aliphatic carbocycles. The first-order valence-electron chi connectivity index (χ1n) is 9.75. The van der Waals surface area contributed by atoms with Gasteiger partial charge in [0, 0.05) is 49.6 Å². The molecule has 0 spiro atoms. The fourth-order valence-electron chi connectivity index (χ4n) is 3.33. The van der Waals surface area contributed by atoms with E-state index in [1.807, 2.05) is 0 Å². The van der Waals surface area contributed by atoms with Gasteiger partial charge in [-0.15, -0.1) is 0 Å².